The Bertz CT molecular complexity index is 704. The largest absolute Gasteiger partial charge is 0.444 e. The first-order valence-corrected chi connectivity index (χ1v) is 8.64. The van der Waals surface area contributed by atoms with E-state index < -0.39 is 17.4 Å². The number of alkyl halides is 3. The summed E-state index contributed by atoms with van der Waals surface area (Å²) in [6.45, 7) is 10.6. The molecule has 1 aromatic rings. The predicted molar refractivity (Wildman–Crippen MR) is 90.3 cm³/mol. The molecular formula is C18H24F3N3O2. The molecular weight excluding hydrogens is 347 g/mol. The second-order valence-corrected chi connectivity index (χ2v) is 8.54. The summed E-state index contributed by atoms with van der Waals surface area (Å²) in [7, 11) is 0. The molecule has 8 heteroatoms. The van der Waals surface area contributed by atoms with E-state index in [9.17, 15) is 18.0 Å². The van der Waals surface area contributed by atoms with Crippen LogP contribution < -0.4 is 0 Å². The highest BCUT2D eigenvalue weighted by Gasteiger charge is 2.54. The van der Waals surface area contributed by atoms with Gasteiger partial charge in [0.1, 0.15) is 5.60 Å². The summed E-state index contributed by atoms with van der Waals surface area (Å²) in [5, 5.41) is 4.02. The molecule has 2 aliphatic rings. The molecule has 0 bridgehead atoms. The molecule has 1 aromatic heterocycles. The molecule has 1 amide bonds. The smallest absolute Gasteiger partial charge is 0.416 e. The Morgan fingerprint density at radius 3 is 2.50 bits per heavy atom. The molecule has 0 radical (unpaired) electrons. The molecule has 0 aromatic carbocycles. The van der Waals surface area contributed by atoms with Crippen LogP contribution in [0.2, 0.25) is 0 Å². The number of amides is 1. The number of halogens is 3. The summed E-state index contributed by atoms with van der Waals surface area (Å²) < 4.78 is 44.9. The van der Waals surface area contributed by atoms with Gasteiger partial charge < -0.3 is 9.64 Å². The topological polar surface area (TPSA) is 47.4 Å². The second-order valence-electron chi connectivity index (χ2n) is 8.54. The highest BCUT2D eigenvalue weighted by atomic mass is 19.4. The molecule has 1 spiro atoms. The van der Waals surface area contributed by atoms with Gasteiger partial charge in [0.25, 0.3) is 0 Å². The van der Waals surface area contributed by atoms with Crippen molar-refractivity contribution in [2.45, 2.75) is 51.9 Å². The number of hydrogen-bond donors (Lipinski definition) is 0. The molecule has 3 rings (SSSR count). The molecule has 1 aliphatic heterocycles. The lowest BCUT2D eigenvalue weighted by Gasteiger charge is -2.58. The molecule has 1 saturated heterocycles. The first-order valence-electron chi connectivity index (χ1n) is 8.64. The van der Waals surface area contributed by atoms with Crippen LogP contribution in [-0.4, -0.2) is 45.6 Å². The van der Waals surface area contributed by atoms with Crippen molar-refractivity contribution in [2.24, 2.45) is 11.3 Å². The van der Waals surface area contributed by atoms with E-state index in [2.05, 4.69) is 11.7 Å². The predicted octanol–water partition coefficient (Wildman–Crippen LogP) is 4.11. The van der Waals surface area contributed by atoms with E-state index >= 15 is 0 Å². The Labute approximate surface area is 150 Å². The molecule has 5 nitrogen and oxygen atoms in total. The van der Waals surface area contributed by atoms with Crippen LogP contribution in [-0.2, 0) is 11.3 Å². The summed E-state index contributed by atoms with van der Waals surface area (Å²) >= 11 is 0. The van der Waals surface area contributed by atoms with Gasteiger partial charge in [0, 0.05) is 36.8 Å². The lowest BCUT2D eigenvalue weighted by Crippen LogP contribution is -2.64. The number of allylic oxidation sites excluding steroid dienone is 1. The lowest BCUT2D eigenvalue weighted by atomic mass is 9.58. The first kappa shape index (κ1) is 18.8. The maximum atomic E-state index is 12.7. The Morgan fingerprint density at radius 1 is 1.35 bits per heavy atom. The summed E-state index contributed by atoms with van der Waals surface area (Å²) in [6, 6.07) is 0. The number of hydrogen-bond acceptors (Lipinski definition) is 3. The average molecular weight is 371 g/mol. The van der Waals surface area contributed by atoms with Gasteiger partial charge in [0.15, 0.2) is 0 Å². The van der Waals surface area contributed by atoms with E-state index in [1.807, 2.05) is 20.8 Å². The Kier molecular flexibility index (Phi) is 4.36. The minimum absolute atomic E-state index is 0.00582. The highest BCUT2D eigenvalue weighted by Crippen LogP contribution is 2.52. The number of aromatic nitrogens is 2. The minimum atomic E-state index is -4.44. The van der Waals surface area contributed by atoms with Crippen LogP contribution in [0.4, 0.5) is 18.0 Å². The molecule has 2 heterocycles. The summed E-state index contributed by atoms with van der Waals surface area (Å²) in [5.74, 6) is 0.364. The number of rotatable bonds is 3. The van der Waals surface area contributed by atoms with Gasteiger partial charge in [-0.05, 0) is 39.5 Å². The van der Waals surface area contributed by atoms with Crippen molar-refractivity contribution < 1.29 is 22.7 Å². The maximum absolute atomic E-state index is 12.7. The van der Waals surface area contributed by atoms with E-state index in [-0.39, 0.29) is 17.1 Å². The van der Waals surface area contributed by atoms with E-state index in [1.165, 1.54) is 12.4 Å². The number of nitrogens with zero attached hydrogens (tertiary/aromatic N) is 3. The standard InChI is InChI=1S/C18H24F3N3O2/c1-12(18(19,20)21)14-7-22-24(9-14)8-13-5-17(6-13)10-23(11-17)15(25)26-16(2,3)4/h7,9,13H,1,5-6,8,10-11H2,2-4H3. The lowest BCUT2D eigenvalue weighted by molar-refractivity contribution is -0.0987. The van der Waals surface area contributed by atoms with Crippen molar-refractivity contribution in [2.75, 3.05) is 13.1 Å². The molecule has 0 atom stereocenters. The van der Waals surface area contributed by atoms with Crippen LogP contribution in [0, 0.1) is 11.3 Å². The van der Waals surface area contributed by atoms with Crippen molar-refractivity contribution in [1.29, 1.82) is 0 Å². The molecule has 144 valence electrons. The van der Waals surface area contributed by atoms with Crippen LogP contribution in [0.15, 0.2) is 19.0 Å². The molecule has 2 fully saturated rings. The van der Waals surface area contributed by atoms with Gasteiger partial charge in [-0.2, -0.15) is 18.3 Å². The highest BCUT2D eigenvalue weighted by molar-refractivity contribution is 5.69. The first-order chi connectivity index (χ1) is 11.9. The molecule has 0 N–H and O–H groups in total. The van der Waals surface area contributed by atoms with Crippen LogP contribution in [0.3, 0.4) is 0 Å². The van der Waals surface area contributed by atoms with Gasteiger partial charge in [-0.15, -0.1) is 0 Å². The van der Waals surface area contributed by atoms with Crippen LogP contribution >= 0.6 is 0 Å². The SMILES string of the molecule is C=C(c1cnn(CC2CC3(C2)CN(C(=O)OC(C)(C)C)C3)c1)C(F)(F)F. The van der Waals surface area contributed by atoms with Gasteiger partial charge >= 0.3 is 12.3 Å². The fourth-order valence-corrected chi connectivity index (χ4v) is 3.82. The van der Waals surface area contributed by atoms with Crippen molar-refractivity contribution >= 4 is 11.7 Å². The third-order valence-electron chi connectivity index (χ3n) is 4.92. The average Bonchev–Trinajstić information content (AvgIpc) is 2.84. The Hall–Kier alpha value is -1.99. The fourth-order valence-electron chi connectivity index (χ4n) is 3.82. The third-order valence-corrected chi connectivity index (χ3v) is 4.92. The quantitative estimate of drug-likeness (QED) is 0.804. The molecule has 1 saturated carbocycles. The van der Waals surface area contributed by atoms with E-state index in [0.717, 1.165) is 12.8 Å². The number of carbonyl (C=O) groups excluding carboxylic acids is 1. The van der Waals surface area contributed by atoms with Crippen molar-refractivity contribution in [3.63, 3.8) is 0 Å². The fraction of sp³-hybridized carbons (Fsp3) is 0.667. The van der Waals surface area contributed by atoms with E-state index in [4.69, 9.17) is 4.74 Å². The van der Waals surface area contributed by atoms with Gasteiger partial charge in [0.05, 0.1) is 11.8 Å². The van der Waals surface area contributed by atoms with Crippen molar-refractivity contribution in [1.82, 2.24) is 14.7 Å². The Morgan fingerprint density at radius 2 is 1.96 bits per heavy atom. The third kappa shape index (κ3) is 3.88. The zero-order valence-corrected chi connectivity index (χ0v) is 15.3. The minimum Gasteiger partial charge on any atom is -0.444 e. The van der Waals surface area contributed by atoms with Crippen molar-refractivity contribution in [3.8, 4) is 0 Å². The maximum Gasteiger partial charge on any atom is 0.416 e. The summed E-state index contributed by atoms with van der Waals surface area (Å²) in [6.07, 6.45) is -0.227. The number of carbonyl (C=O) groups is 1. The normalized spacial score (nSPS) is 19.8. The van der Waals surface area contributed by atoms with Gasteiger partial charge in [-0.3, -0.25) is 4.68 Å². The Balaban J connectivity index is 1.45. The second kappa shape index (κ2) is 6.03. The zero-order valence-electron chi connectivity index (χ0n) is 15.3. The van der Waals surface area contributed by atoms with Gasteiger partial charge in [0.2, 0.25) is 0 Å². The van der Waals surface area contributed by atoms with Gasteiger partial charge in [-0.1, -0.05) is 6.58 Å². The van der Waals surface area contributed by atoms with Crippen molar-refractivity contribution in [3.05, 3.63) is 24.5 Å². The van der Waals surface area contributed by atoms with Gasteiger partial charge in [-0.25, -0.2) is 4.79 Å². The summed E-state index contributed by atoms with van der Waals surface area (Å²) in [5.41, 5.74) is -1.22. The zero-order chi connectivity index (χ0) is 19.3. The van der Waals surface area contributed by atoms with E-state index in [1.54, 1.807) is 9.58 Å². The van der Waals surface area contributed by atoms with Crippen LogP contribution in [0.1, 0.15) is 39.2 Å². The molecule has 0 unspecified atom stereocenters. The number of likely N-dealkylation sites (tertiary alicyclic amines) is 1. The molecule has 1 aliphatic carbocycles. The van der Waals surface area contributed by atoms with E-state index in [0.29, 0.717) is 25.6 Å². The molecule has 26 heavy (non-hydrogen) atoms. The summed E-state index contributed by atoms with van der Waals surface area (Å²) in [4.78, 5) is 13.7. The number of ether oxygens (including phenoxy) is 1. The monoisotopic (exact) mass is 371 g/mol. The van der Waals surface area contributed by atoms with Crippen LogP contribution in [0.5, 0.6) is 0 Å². The van der Waals surface area contributed by atoms with Crippen LogP contribution in [0.25, 0.3) is 5.57 Å².